The van der Waals surface area contributed by atoms with Crippen molar-refractivity contribution < 1.29 is 9.59 Å². The number of nitrogens with one attached hydrogen (secondary N) is 2. The fraction of sp³-hybridized carbons (Fsp3) is 0.200. The van der Waals surface area contributed by atoms with Crippen LogP contribution >= 0.6 is 0 Å². The number of benzene rings is 3. The van der Waals surface area contributed by atoms with E-state index in [1.54, 1.807) is 29.2 Å². The predicted molar refractivity (Wildman–Crippen MR) is 135 cm³/mol. The number of rotatable bonds is 8. The molecule has 0 atom stereocenters. The molecule has 0 heterocycles. The minimum atomic E-state index is -0.253. The summed E-state index contributed by atoms with van der Waals surface area (Å²) in [6.07, 6.45) is 0. The lowest BCUT2D eigenvalue weighted by atomic mass is 10.1. The van der Waals surface area contributed by atoms with Crippen molar-refractivity contribution in [2.75, 3.05) is 48.5 Å². The lowest BCUT2D eigenvalue weighted by Crippen LogP contribution is -2.38. The Hall–Kier alpha value is -4.04. The normalized spacial score (nSPS) is 10.4. The van der Waals surface area contributed by atoms with Crippen molar-refractivity contribution in [2.45, 2.75) is 6.54 Å². The van der Waals surface area contributed by atoms with Gasteiger partial charge in [0.1, 0.15) is 0 Å². The summed E-state index contributed by atoms with van der Waals surface area (Å²) < 4.78 is 0. The Balaban J connectivity index is 1.63. The molecule has 8 heteroatoms. The van der Waals surface area contributed by atoms with Gasteiger partial charge in [-0.05, 0) is 54.1 Å². The van der Waals surface area contributed by atoms with Gasteiger partial charge < -0.3 is 31.9 Å². The van der Waals surface area contributed by atoms with Crippen LogP contribution in [0, 0.1) is 0 Å². The van der Waals surface area contributed by atoms with Crippen LogP contribution in [0.2, 0.25) is 0 Å². The number of anilines is 4. The second kappa shape index (κ2) is 11.0. The van der Waals surface area contributed by atoms with E-state index in [-0.39, 0.29) is 11.9 Å². The van der Waals surface area contributed by atoms with E-state index in [4.69, 9.17) is 11.5 Å². The highest BCUT2D eigenvalue weighted by molar-refractivity contribution is 6.05. The standard InChI is InChI=1S/C25H30N6O2/c1-30(2)21-13-11-20(12-14-21)28-25(33)31(16-15-26)17-18-7-9-19(10-8-18)24(32)29-23-6-4-3-5-22(23)27/h3-14H,15-17,26-27H2,1-2H3,(H,28,33)(H,29,32). The second-order valence-corrected chi connectivity index (χ2v) is 7.82. The van der Waals surface area contributed by atoms with Crippen LogP contribution in [0.1, 0.15) is 15.9 Å². The van der Waals surface area contributed by atoms with Crippen LogP contribution in [0.3, 0.4) is 0 Å². The fourth-order valence-electron chi connectivity index (χ4n) is 3.24. The van der Waals surface area contributed by atoms with E-state index >= 15 is 0 Å². The molecule has 6 N–H and O–H groups in total. The summed E-state index contributed by atoms with van der Waals surface area (Å²) in [4.78, 5) is 29.0. The van der Waals surface area contributed by atoms with Crippen LogP contribution in [0.15, 0.2) is 72.8 Å². The van der Waals surface area contributed by atoms with E-state index < -0.39 is 0 Å². The predicted octanol–water partition coefficient (Wildman–Crippen LogP) is 3.58. The average molecular weight is 447 g/mol. The minimum Gasteiger partial charge on any atom is -0.397 e. The van der Waals surface area contributed by atoms with E-state index in [0.717, 1.165) is 11.3 Å². The molecule has 3 rings (SSSR count). The maximum Gasteiger partial charge on any atom is 0.322 e. The van der Waals surface area contributed by atoms with E-state index in [0.29, 0.717) is 42.3 Å². The molecule has 172 valence electrons. The number of carbonyl (C=O) groups excluding carboxylic acids is 2. The van der Waals surface area contributed by atoms with Crippen LogP contribution in [-0.2, 0) is 6.54 Å². The van der Waals surface area contributed by atoms with Crippen molar-refractivity contribution in [3.63, 3.8) is 0 Å². The summed E-state index contributed by atoms with van der Waals surface area (Å²) >= 11 is 0. The lowest BCUT2D eigenvalue weighted by molar-refractivity contribution is 0.102. The first-order valence-electron chi connectivity index (χ1n) is 10.7. The zero-order valence-electron chi connectivity index (χ0n) is 18.9. The number of nitrogen functional groups attached to an aromatic ring is 1. The maximum atomic E-state index is 12.8. The van der Waals surface area contributed by atoms with Gasteiger partial charge >= 0.3 is 6.03 Å². The van der Waals surface area contributed by atoms with Gasteiger partial charge in [-0.2, -0.15) is 0 Å². The molecule has 0 spiro atoms. The molecular weight excluding hydrogens is 416 g/mol. The smallest absolute Gasteiger partial charge is 0.322 e. The topological polar surface area (TPSA) is 117 Å². The first kappa shape index (κ1) is 23.6. The number of nitrogens with two attached hydrogens (primary N) is 2. The van der Waals surface area contributed by atoms with Crippen molar-refractivity contribution in [1.29, 1.82) is 0 Å². The van der Waals surface area contributed by atoms with Crippen molar-refractivity contribution in [2.24, 2.45) is 5.73 Å². The van der Waals surface area contributed by atoms with Gasteiger partial charge in [0.05, 0.1) is 11.4 Å². The van der Waals surface area contributed by atoms with E-state index in [1.165, 1.54) is 0 Å². The third-order valence-corrected chi connectivity index (χ3v) is 5.12. The van der Waals surface area contributed by atoms with Crippen molar-refractivity contribution in [3.05, 3.63) is 83.9 Å². The molecule has 0 bridgehead atoms. The number of urea groups is 1. The molecule has 33 heavy (non-hydrogen) atoms. The Kier molecular flexibility index (Phi) is 7.88. The Bertz CT molecular complexity index is 1080. The number of carbonyl (C=O) groups is 2. The second-order valence-electron chi connectivity index (χ2n) is 7.82. The molecule has 0 radical (unpaired) electrons. The third kappa shape index (κ3) is 6.47. The molecule has 8 nitrogen and oxygen atoms in total. The number of hydrogen-bond acceptors (Lipinski definition) is 5. The van der Waals surface area contributed by atoms with Gasteiger partial charge in [-0.1, -0.05) is 24.3 Å². The van der Waals surface area contributed by atoms with Crippen LogP contribution in [0.5, 0.6) is 0 Å². The number of para-hydroxylation sites is 2. The molecule has 0 saturated carbocycles. The molecule has 3 aromatic rings. The highest BCUT2D eigenvalue weighted by Crippen LogP contribution is 2.19. The Morgan fingerprint density at radius 2 is 1.55 bits per heavy atom. The molecule has 0 unspecified atom stereocenters. The quantitative estimate of drug-likeness (QED) is 0.395. The van der Waals surface area contributed by atoms with Gasteiger partial charge in [0.25, 0.3) is 5.91 Å². The SMILES string of the molecule is CN(C)c1ccc(NC(=O)N(CCN)Cc2ccc(C(=O)Nc3ccccc3N)cc2)cc1. The Morgan fingerprint density at radius 3 is 2.15 bits per heavy atom. The average Bonchev–Trinajstić information content (AvgIpc) is 2.81. The summed E-state index contributed by atoms with van der Waals surface area (Å²) in [6.45, 7) is 1.11. The van der Waals surface area contributed by atoms with Crippen LogP contribution in [0.25, 0.3) is 0 Å². The maximum absolute atomic E-state index is 12.8. The van der Waals surface area contributed by atoms with Crippen LogP contribution in [0.4, 0.5) is 27.5 Å². The highest BCUT2D eigenvalue weighted by atomic mass is 16.2. The van der Waals surface area contributed by atoms with Crippen LogP contribution in [-0.4, -0.2) is 44.0 Å². The van der Waals surface area contributed by atoms with Gasteiger partial charge in [0.15, 0.2) is 0 Å². The molecular formula is C25H30N6O2. The minimum absolute atomic E-state index is 0.237. The number of hydrogen-bond donors (Lipinski definition) is 4. The summed E-state index contributed by atoms with van der Waals surface area (Å²) in [5, 5.41) is 5.72. The van der Waals surface area contributed by atoms with E-state index in [2.05, 4.69) is 10.6 Å². The van der Waals surface area contributed by atoms with Crippen molar-refractivity contribution in [1.82, 2.24) is 4.90 Å². The molecule has 0 aliphatic heterocycles. The monoisotopic (exact) mass is 446 g/mol. The van der Waals surface area contributed by atoms with E-state index in [1.807, 2.05) is 67.5 Å². The van der Waals surface area contributed by atoms with Gasteiger partial charge in [-0.15, -0.1) is 0 Å². The van der Waals surface area contributed by atoms with Gasteiger partial charge in [0, 0.05) is 50.7 Å². The molecule has 0 aliphatic carbocycles. The van der Waals surface area contributed by atoms with Gasteiger partial charge in [-0.25, -0.2) is 4.79 Å². The first-order chi connectivity index (χ1) is 15.9. The molecule has 0 fully saturated rings. The third-order valence-electron chi connectivity index (χ3n) is 5.12. The largest absolute Gasteiger partial charge is 0.397 e. The summed E-state index contributed by atoms with van der Waals surface area (Å²) in [7, 11) is 3.92. The Morgan fingerprint density at radius 1 is 0.879 bits per heavy atom. The number of amides is 3. The molecule has 0 aliphatic rings. The molecule has 3 amide bonds. The summed E-state index contributed by atoms with van der Waals surface area (Å²) in [6, 6.07) is 21.6. The first-order valence-corrected chi connectivity index (χ1v) is 10.7. The number of nitrogens with zero attached hydrogens (tertiary/aromatic N) is 2. The summed E-state index contributed by atoms with van der Waals surface area (Å²) in [5.74, 6) is -0.253. The van der Waals surface area contributed by atoms with Crippen molar-refractivity contribution >= 4 is 34.7 Å². The van der Waals surface area contributed by atoms with E-state index in [9.17, 15) is 9.59 Å². The van der Waals surface area contributed by atoms with Crippen LogP contribution < -0.4 is 27.0 Å². The van der Waals surface area contributed by atoms with Crippen molar-refractivity contribution in [3.8, 4) is 0 Å². The highest BCUT2D eigenvalue weighted by Gasteiger charge is 2.15. The fourth-order valence-corrected chi connectivity index (χ4v) is 3.24. The molecule has 3 aromatic carbocycles. The van der Waals surface area contributed by atoms with Gasteiger partial charge in [-0.3, -0.25) is 4.79 Å². The molecule has 0 saturated heterocycles. The summed E-state index contributed by atoms with van der Waals surface area (Å²) in [5.41, 5.74) is 15.8. The zero-order chi connectivity index (χ0) is 23.8. The zero-order valence-corrected chi connectivity index (χ0v) is 18.9. The molecule has 0 aromatic heterocycles. The Labute approximate surface area is 194 Å². The lowest BCUT2D eigenvalue weighted by Gasteiger charge is -2.23. The van der Waals surface area contributed by atoms with Gasteiger partial charge in [0.2, 0.25) is 0 Å².